The summed E-state index contributed by atoms with van der Waals surface area (Å²) < 4.78 is 27.4. The first-order valence-electron chi connectivity index (χ1n) is 11.1. The maximum absolute atomic E-state index is 12.9. The molecule has 0 aliphatic carbocycles. The Labute approximate surface area is 189 Å². The zero-order chi connectivity index (χ0) is 22.7. The lowest BCUT2D eigenvalue weighted by molar-refractivity contribution is -0.117. The van der Waals surface area contributed by atoms with Crippen molar-refractivity contribution in [2.45, 2.75) is 56.0 Å². The third kappa shape index (κ3) is 4.96. The Morgan fingerprint density at radius 2 is 1.72 bits per heavy atom. The standard InChI is InChI=1S/C23H30N4O4S/c1-16-6-11-19(22(28)14-16)20-15-21(26-25-20)23(29)24-17-7-9-18(10-8-17)32(30,31)27-12-4-2-3-5-13-27/h6-11,14,20-21,25-26,28H,2-5,12-13,15H2,1H3,(H,24,29). The number of sulfonamides is 1. The van der Waals surface area contributed by atoms with E-state index in [1.54, 1.807) is 34.6 Å². The van der Waals surface area contributed by atoms with Crippen LogP contribution in [0.2, 0.25) is 0 Å². The van der Waals surface area contributed by atoms with Crippen LogP contribution in [0.1, 0.15) is 49.3 Å². The number of nitrogens with zero attached hydrogens (tertiary/aromatic N) is 1. The van der Waals surface area contributed by atoms with Crippen molar-refractivity contribution in [1.82, 2.24) is 15.2 Å². The van der Waals surface area contributed by atoms with E-state index in [0.29, 0.717) is 25.2 Å². The Balaban J connectivity index is 1.38. The molecule has 0 bridgehead atoms. The Hall–Kier alpha value is -2.46. The van der Waals surface area contributed by atoms with E-state index in [1.165, 1.54) is 0 Å². The minimum Gasteiger partial charge on any atom is -0.508 e. The van der Waals surface area contributed by atoms with E-state index in [1.807, 2.05) is 19.1 Å². The quantitative estimate of drug-likeness (QED) is 0.548. The van der Waals surface area contributed by atoms with Crippen LogP contribution in [0.25, 0.3) is 0 Å². The van der Waals surface area contributed by atoms with Gasteiger partial charge in [0.05, 0.1) is 10.9 Å². The average Bonchev–Trinajstić information content (AvgIpc) is 3.08. The summed E-state index contributed by atoms with van der Waals surface area (Å²) in [7, 11) is -3.52. The molecule has 2 saturated heterocycles. The maximum Gasteiger partial charge on any atom is 0.243 e. The van der Waals surface area contributed by atoms with Gasteiger partial charge in [-0.2, -0.15) is 4.31 Å². The number of amides is 1. The number of aromatic hydroxyl groups is 1. The van der Waals surface area contributed by atoms with Gasteiger partial charge in [-0.3, -0.25) is 4.79 Å². The highest BCUT2D eigenvalue weighted by Gasteiger charge is 2.31. The predicted molar refractivity (Wildman–Crippen MR) is 123 cm³/mol. The van der Waals surface area contributed by atoms with Crippen molar-refractivity contribution in [2.24, 2.45) is 0 Å². The number of rotatable bonds is 5. The fourth-order valence-corrected chi connectivity index (χ4v) is 5.77. The lowest BCUT2D eigenvalue weighted by atomic mass is 9.99. The fourth-order valence-electron chi connectivity index (χ4n) is 4.25. The van der Waals surface area contributed by atoms with Gasteiger partial charge in [0, 0.05) is 24.3 Å². The molecule has 2 aromatic rings. The van der Waals surface area contributed by atoms with E-state index in [9.17, 15) is 18.3 Å². The average molecular weight is 459 g/mol. The minimum atomic E-state index is -3.52. The zero-order valence-electron chi connectivity index (χ0n) is 18.2. The molecule has 0 radical (unpaired) electrons. The first kappa shape index (κ1) is 22.7. The van der Waals surface area contributed by atoms with Crippen molar-refractivity contribution >= 4 is 21.6 Å². The largest absolute Gasteiger partial charge is 0.508 e. The Bertz CT molecular complexity index is 1060. The highest BCUT2D eigenvalue weighted by molar-refractivity contribution is 7.89. The third-order valence-electron chi connectivity index (χ3n) is 6.11. The highest BCUT2D eigenvalue weighted by Crippen LogP contribution is 2.30. The minimum absolute atomic E-state index is 0.188. The smallest absolute Gasteiger partial charge is 0.243 e. The predicted octanol–water partition coefficient (Wildman–Crippen LogP) is 2.81. The Kier molecular flexibility index (Phi) is 6.80. The summed E-state index contributed by atoms with van der Waals surface area (Å²) in [6.07, 6.45) is 4.37. The van der Waals surface area contributed by atoms with Crippen molar-refractivity contribution in [3.8, 4) is 5.75 Å². The summed E-state index contributed by atoms with van der Waals surface area (Å²) in [6, 6.07) is 11.1. The summed E-state index contributed by atoms with van der Waals surface area (Å²) in [6.45, 7) is 3.02. The molecule has 2 aliphatic rings. The van der Waals surface area contributed by atoms with E-state index in [4.69, 9.17) is 0 Å². The van der Waals surface area contributed by atoms with Crippen molar-refractivity contribution in [1.29, 1.82) is 0 Å². The first-order valence-corrected chi connectivity index (χ1v) is 12.5. The molecule has 1 amide bonds. The van der Waals surface area contributed by atoms with Crippen LogP contribution in [0.5, 0.6) is 5.75 Å². The van der Waals surface area contributed by atoms with Crippen LogP contribution in [0.15, 0.2) is 47.4 Å². The molecular formula is C23H30N4O4S. The van der Waals surface area contributed by atoms with Crippen molar-refractivity contribution < 1.29 is 18.3 Å². The molecule has 2 aromatic carbocycles. The summed E-state index contributed by atoms with van der Waals surface area (Å²) in [5, 5.41) is 13.0. The first-order chi connectivity index (χ1) is 15.3. The lowest BCUT2D eigenvalue weighted by Crippen LogP contribution is -2.39. The molecule has 2 atom stereocenters. The van der Waals surface area contributed by atoms with E-state index in [-0.39, 0.29) is 22.6 Å². The molecule has 2 fully saturated rings. The number of hydrogen-bond donors (Lipinski definition) is 4. The molecule has 4 N–H and O–H groups in total. The third-order valence-corrected chi connectivity index (χ3v) is 8.02. The summed E-state index contributed by atoms with van der Waals surface area (Å²) in [5.74, 6) is -0.0266. The van der Waals surface area contributed by atoms with E-state index < -0.39 is 16.1 Å². The van der Waals surface area contributed by atoms with Crippen LogP contribution >= 0.6 is 0 Å². The van der Waals surface area contributed by atoms with E-state index >= 15 is 0 Å². The number of carbonyl (C=O) groups is 1. The van der Waals surface area contributed by atoms with E-state index in [2.05, 4.69) is 16.2 Å². The van der Waals surface area contributed by atoms with Crippen LogP contribution in [0, 0.1) is 6.92 Å². The molecule has 2 aliphatic heterocycles. The Morgan fingerprint density at radius 1 is 1.03 bits per heavy atom. The van der Waals surface area contributed by atoms with Gasteiger partial charge in [-0.15, -0.1) is 0 Å². The monoisotopic (exact) mass is 458 g/mol. The molecular weight excluding hydrogens is 428 g/mol. The number of hydrazine groups is 1. The van der Waals surface area contributed by atoms with Crippen molar-refractivity contribution in [3.63, 3.8) is 0 Å². The number of anilines is 1. The zero-order valence-corrected chi connectivity index (χ0v) is 19.0. The van der Waals surface area contributed by atoms with Gasteiger partial charge in [-0.1, -0.05) is 25.0 Å². The lowest BCUT2D eigenvalue weighted by Gasteiger charge is -2.20. The van der Waals surface area contributed by atoms with Gasteiger partial charge in [0.1, 0.15) is 11.8 Å². The molecule has 2 unspecified atom stereocenters. The van der Waals surface area contributed by atoms with Gasteiger partial charge >= 0.3 is 0 Å². The van der Waals surface area contributed by atoms with Gasteiger partial charge in [0.15, 0.2) is 0 Å². The molecule has 32 heavy (non-hydrogen) atoms. The van der Waals surface area contributed by atoms with Crippen LogP contribution in [-0.4, -0.2) is 42.9 Å². The maximum atomic E-state index is 12.9. The van der Waals surface area contributed by atoms with Gasteiger partial charge in [0.2, 0.25) is 15.9 Å². The molecule has 2 heterocycles. The fraction of sp³-hybridized carbons (Fsp3) is 0.435. The van der Waals surface area contributed by atoms with Gasteiger partial charge in [0.25, 0.3) is 0 Å². The number of nitrogens with one attached hydrogen (secondary N) is 3. The van der Waals surface area contributed by atoms with Gasteiger partial charge in [-0.05, 0) is 62.1 Å². The second-order valence-electron chi connectivity index (χ2n) is 8.52. The number of phenolic OH excluding ortho intramolecular Hbond substituents is 1. The van der Waals surface area contributed by atoms with Gasteiger partial charge < -0.3 is 10.4 Å². The molecule has 8 nitrogen and oxygen atoms in total. The molecule has 0 saturated carbocycles. The van der Waals surface area contributed by atoms with Crippen molar-refractivity contribution in [3.05, 3.63) is 53.6 Å². The molecule has 0 spiro atoms. The number of aryl methyl sites for hydroxylation is 1. The van der Waals surface area contributed by atoms with E-state index in [0.717, 1.165) is 36.8 Å². The summed E-state index contributed by atoms with van der Waals surface area (Å²) >= 11 is 0. The summed E-state index contributed by atoms with van der Waals surface area (Å²) in [5.41, 5.74) is 8.28. The second kappa shape index (κ2) is 9.58. The number of hydrogen-bond acceptors (Lipinski definition) is 6. The van der Waals surface area contributed by atoms with Crippen LogP contribution in [-0.2, 0) is 14.8 Å². The van der Waals surface area contributed by atoms with Crippen molar-refractivity contribution in [2.75, 3.05) is 18.4 Å². The normalized spacial score (nSPS) is 22.4. The molecule has 172 valence electrons. The molecule has 9 heteroatoms. The van der Waals surface area contributed by atoms with Crippen LogP contribution < -0.4 is 16.2 Å². The van der Waals surface area contributed by atoms with Crippen LogP contribution in [0.4, 0.5) is 5.69 Å². The number of benzene rings is 2. The second-order valence-corrected chi connectivity index (χ2v) is 10.5. The topological polar surface area (TPSA) is 111 Å². The van der Waals surface area contributed by atoms with Crippen LogP contribution in [0.3, 0.4) is 0 Å². The van der Waals surface area contributed by atoms with Gasteiger partial charge in [-0.25, -0.2) is 19.3 Å². The SMILES string of the molecule is Cc1ccc(C2CC(C(=O)Nc3ccc(S(=O)(=O)N4CCCCCC4)cc3)NN2)c(O)c1. The molecule has 4 rings (SSSR count). The number of carbonyl (C=O) groups excluding carboxylic acids is 1. The molecule has 0 aromatic heterocycles. The summed E-state index contributed by atoms with van der Waals surface area (Å²) in [4.78, 5) is 12.9. The highest BCUT2D eigenvalue weighted by atomic mass is 32.2. The Morgan fingerprint density at radius 3 is 2.38 bits per heavy atom. The number of phenols is 1.